The van der Waals surface area contributed by atoms with E-state index in [0.717, 1.165) is 31.5 Å². The number of hydrogen-bond acceptors (Lipinski definition) is 5. The Kier molecular flexibility index (Phi) is 6.23. The van der Waals surface area contributed by atoms with Gasteiger partial charge in [-0.25, -0.2) is 9.97 Å². The summed E-state index contributed by atoms with van der Waals surface area (Å²) >= 11 is 0. The van der Waals surface area contributed by atoms with Crippen LogP contribution in [0.15, 0.2) is 67.0 Å². The number of anilines is 2. The maximum atomic E-state index is 12.9. The van der Waals surface area contributed by atoms with Crippen LogP contribution in [0.5, 0.6) is 11.6 Å². The third-order valence-electron chi connectivity index (χ3n) is 5.33. The van der Waals surface area contributed by atoms with E-state index in [1.54, 1.807) is 12.4 Å². The lowest BCUT2D eigenvalue weighted by Crippen LogP contribution is -2.41. The number of para-hydroxylation sites is 1. The molecule has 1 atom stereocenters. The highest BCUT2D eigenvalue weighted by atomic mass is 16.5. The fraction of sp³-hybridized carbons (Fsp3) is 0.292. The molecule has 154 valence electrons. The summed E-state index contributed by atoms with van der Waals surface area (Å²) in [5.74, 6) is 1.77. The van der Waals surface area contributed by atoms with E-state index in [0.29, 0.717) is 24.0 Å². The van der Waals surface area contributed by atoms with E-state index in [-0.39, 0.29) is 11.8 Å². The van der Waals surface area contributed by atoms with E-state index < -0.39 is 0 Å². The highest BCUT2D eigenvalue weighted by Crippen LogP contribution is 2.31. The predicted molar refractivity (Wildman–Crippen MR) is 118 cm³/mol. The fourth-order valence-electron chi connectivity index (χ4n) is 3.66. The average Bonchev–Trinajstić information content (AvgIpc) is 2.81. The number of aryl methyl sites for hydroxylation is 1. The van der Waals surface area contributed by atoms with Gasteiger partial charge in [-0.3, -0.25) is 4.79 Å². The van der Waals surface area contributed by atoms with Crippen molar-refractivity contribution < 1.29 is 9.53 Å². The molecular weight excluding hydrogens is 376 g/mol. The summed E-state index contributed by atoms with van der Waals surface area (Å²) in [6.45, 7) is 3.52. The Morgan fingerprint density at radius 2 is 1.87 bits per heavy atom. The minimum atomic E-state index is -0.115. The van der Waals surface area contributed by atoms with Gasteiger partial charge in [0.1, 0.15) is 5.75 Å². The van der Waals surface area contributed by atoms with E-state index >= 15 is 0 Å². The van der Waals surface area contributed by atoms with Crippen molar-refractivity contribution in [1.82, 2.24) is 9.97 Å². The quantitative estimate of drug-likeness (QED) is 0.648. The Hall–Kier alpha value is -3.41. The third-order valence-corrected chi connectivity index (χ3v) is 5.33. The Morgan fingerprint density at radius 1 is 1.10 bits per heavy atom. The summed E-state index contributed by atoms with van der Waals surface area (Å²) in [6, 6.07) is 17.6. The number of piperidine rings is 1. The third kappa shape index (κ3) is 4.76. The minimum Gasteiger partial charge on any atom is -0.436 e. The van der Waals surface area contributed by atoms with Crippen molar-refractivity contribution in [3.05, 3.63) is 72.6 Å². The number of rotatable bonds is 6. The SMILES string of the molecule is CCc1ccc(NC(=O)[C@H]2CCCN(c3nccnc3Oc3ccccc3)C2)cc1. The Balaban J connectivity index is 1.45. The largest absolute Gasteiger partial charge is 0.436 e. The summed E-state index contributed by atoms with van der Waals surface area (Å²) in [5, 5.41) is 3.06. The minimum absolute atomic E-state index is 0.0402. The molecule has 6 nitrogen and oxygen atoms in total. The van der Waals surface area contributed by atoms with Crippen LogP contribution in [0.2, 0.25) is 0 Å². The Labute approximate surface area is 176 Å². The molecule has 0 unspecified atom stereocenters. The molecule has 1 saturated heterocycles. The summed E-state index contributed by atoms with van der Waals surface area (Å²) in [7, 11) is 0. The zero-order chi connectivity index (χ0) is 20.8. The van der Waals surface area contributed by atoms with Crippen LogP contribution in [0.25, 0.3) is 0 Å². The Bertz CT molecular complexity index is 976. The molecule has 0 saturated carbocycles. The maximum Gasteiger partial charge on any atom is 0.263 e. The normalized spacial score (nSPS) is 16.2. The van der Waals surface area contributed by atoms with Gasteiger partial charge in [0.15, 0.2) is 5.82 Å². The van der Waals surface area contributed by atoms with E-state index in [1.807, 2.05) is 42.5 Å². The first-order valence-electron chi connectivity index (χ1n) is 10.4. The Morgan fingerprint density at radius 3 is 2.63 bits per heavy atom. The highest BCUT2D eigenvalue weighted by molar-refractivity contribution is 5.93. The van der Waals surface area contributed by atoms with Crippen molar-refractivity contribution in [3.63, 3.8) is 0 Å². The number of aromatic nitrogens is 2. The first-order valence-corrected chi connectivity index (χ1v) is 10.4. The van der Waals surface area contributed by atoms with Crippen LogP contribution in [0.3, 0.4) is 0 Å². The molecule has 0 bridgehead atoms. The number of carbonyl (C=O) groups excluding carboxylic acids is 1. The van der Waals surface area contributed by atoms with Gasteiger partial charge >= 0.3 is 0 Å². The van der Waals surface area contributed by atoms with Gasteiger partial charge in [-0.05, 0) is 49.1 Å². The highest BCUT2D eigenvalue weighted by Gasteiger charge is 2.28. The zero-order valence-electron chi connectivity index (χ0n) is 17.1. The first-order chi connectivity index (χ1) is 14.7. The van der Waals surface area contributed by atoms with Crippen LogP contribution in [-0.2, 0) is 11.2 Å². The van der Waals surface area contributed by atoms with Gasteiger partial charge in [0.2, 0.25) is 5.91 Å². The van der Waals surface area contributed by atoms with Crippen molar-refractivity contribution in [2.45, 2.75) is 26.2 Å². The molecule has 1 aliphatic heterocycles. The number of hydrogen-bond donors (Lipinski definition) is 1. The lowest BCUT2D eigenvalue weighted by molar-refractivity contribution is -0.120. The first kappa shape index (κ1) is 19.9. The summed E-state index contributed by atoms with van der Waals surface area (Å²) in [5.41, 5.74) is 2.09. The van der Waals surface area contributed by atoms with Crippen LogP contribution >= 0.6 is 0 Å². The van der Waals surface area contributed by atoms with Gasteiger partial charge in [-0.1, -0.05) is 37.3 Å². The summed E-state index contributed by atoms with van der Waals surface area (Å²) in [4.78, 5) is 23.8. The van der Waals surface area contributed by atoms with E-state index in [2.05, 4.69) is 39.2 Å². The van der Waals surface area contributed by atoms with Gasteiger partial charge in [0.05, 0.1) is 5.92 Å². The molecule has 1 fully saturated rings. The summed E-state index contributed by atoms with van der Waals surface area (Å²) < 4.78 is 5.96. The zero-order valence-corrected chi connectivity index (χ0v) is 17.1. The van der Waals surface area contributed by atoms with Crippen molar-refractivity contribution in [1.29, 1.82) is 0 Å². The molecule has 3 aromatic rings. The molecule has 0 aliphatic carbocycles. The molecule has 2 aromatic carbocycles. The topological polar surface area (TPSA) is 67.4 Å². The van der Waals surface area contributed by atoms with Crippen molar-refractivity contribution in [2.24, 2.45) is 5.92 Å². The van der Waals surface area contributed by atoms with Crippen molar-refractivity contribution in [2.75, 3.05) is 23.3 Å². The lowest BCUT2D eigenvalue weighted by Gasteiger charge is -2.33. The molecule has 1 amide bonds. The van der Waals surface area contributed by atoms with Crippen LogP contribution in [0, 0.1) is 5.92 Å². The van der Waals surface area contributed by atoms with Crippen molar-refractivity contribution >= 4 is 17.4 Å². The van der Waals surface area contributed by atoms with E-state index in [1.165, 1.54) is 5.56 Å². The number of carbonyl (C=O) groups is 1. The molecule has 4 rings (SSSR count). The lowest BCUT2D eigenvalue weighted by atomic mass is 9.97. The average molecular weight is 402 g/mol. The van der Waals surface area contributed by atoms with Gasteiger partial charge in [-0.15, -0.1) is 0 Å². The number of benzene rings is 2. The molecule has 0 spiro atoms. The summed E-state index contributed by atoms with van der Waals surface area (Å²) in [6.07, 6.45) is 6.03. The van der Waals surface area contributed by atoms with Crippen LogP contribution in [0.1, 0.15) is 25.3 Å². The van der Waals surface area contributed by atoms with E-state index in [4.69, 9.17) is 4.74 Å². The molecule has 0 radical (unpaired) electrons. The van der Waals surface area contributed by atoms with Crippen LogP contribution < -0.4 is 15.0 Å². The van der Waals surface area contributed by atoms with Gasteiger partial charge < -0.3 is 15.0 Å². The van der Waals surface area contributed by atoms with E-state index in [9.17, 15) is 4.79 Å². The molecule has 6 heteroatoms. The van der Waals surface area contributed by atoms with Crippen molar-refractivity contribution in [3.8, 4) is 11.6 Å². The molecule has 1 aliphatic rings. The molecule has 30 heavy (non-hydrogen) atoms. The number of nitrogens with zero attached hydrogens (tertiary/aromatic N) is 3. The standard InChI is InChI=1S/C24H26N4O2/c1-2-18-10-12-20(13-11-18)27-23(29)19-7-6-16-28(17-19)22-24(26-15-14-25-22)30-21-8-4-3-5-9-21/h3-5,8-15,19H,2,6-7,16-17H2,1H3,(H,27,29)/t19-/m0/s1. The predicted octanol–water partition coefficient (Wildman–Crippen LogP) is 4.69. The number of nitrogens with one attached hydrogen (secondary N) is 1. The maximum absolute atomic E-state index is 12.9. The number of ether oxygens (including phenoxy) is 1. The monoisotopic (exact) mass is 402 g/mol. The molecule has 1 N–H and O–H groups in total. The second-order valence-corrected chi connectivity index (χ2v) is 7.43. The van der Waals surface area contributed by atoms with Crippen LogP contribution in [-0.4, -0.2) is 29.0 Å². The fourth-order valence-corrected chi connectivity index (χ4v) is 3.66. The molecular formula is C24H26N4O2. The smallest absolute Gasteiger partial charge is 0.263 e. The molecule has 1 aromatic heterocycles. The van der Waals surface area contributed by atoms with Gasteiger partial charge in [-0.2, -0.15) is 0 Å². The molecule has 2 heterocycles. The van der Waals surface area contributed by atoms with Gasteiger partial charge in [0, 0.05) is 31.2 Å². The van der Waals surface area contributed by atoms with Gasteiger partial charge in [0.25, 0.3) is 5.88 Å². The number of amides is 1. The second kappa shape index (κ2) is 9.39. The van der Waals surface area contributed by atoms with Crippen LogP contribution in [0.4, 0.5) is 11.5 Å². The second-order valence-electron chi connectivity index (χ2n) is 7.43.